The Hall–Kier alpha value is -1.09. The van der Waals surface area contributed by atoms with E-state index in [4.69, 9.17) is 0 Å². The van der Waals surface area contributed by atoms with Gasteiger partial charge in [-0.1, -0.05) is 13.8 Å². The summed E-state index contributed by atoms with van der Waals surface area (Å²) >= 11 is 0. The number of aryl methyl sites for hydroxylation is 1. The van der Waals surface area contributed by atoms with Crippen LogP contribution in [0.1, 0.15) is 52.3 Å². The minimum Gasteiger partial charge on any atom is -0.374 e. The first-order valence-electron chi connectivity index (χ1n) is 7.60. The van der Waals surface area contributed by atoms with Gasteiger partial charge in [-0.3, -0.25) is 4.98 Å². The van der Waals surface area contributed by atoms with E-state index in [2.05, 4.69) is 69.9 Å². The van der Waals surface area contributed by atoms with Gasteiger partial charge >= 0.3 is 0 Å². The summed E-state index contributed by atoms with van der Waals surface area (Å²) in [5.41, 5.74) is 3.78. The molecule has 0 spiro atoms. The van der Waals surface area contributed by atoms with Gasteiger partial charge in [0.25, 0.3) is 0 Å². The summed E-state index contributed by atoms with van der Waals surface area (Å²) in [6, 6.07) is 2.19. The van der Waals surface area contributed by atoms with Crippen molar-refractivity contribution in [2.75, 3.05) is 18.5 Å². The van der Waals surface area contributed by atoms with E-state index in [1.165, 1.54) is 17.7 Å². The van der Waals surface area contributed by atoms with E-state index in [9.17, 15) is 0 Å². The van der Waals surface area contributed by atoms with Crippen LogP contribution < -0.4 is 10.2 Å². The maximum atomic E-state index is 4.45. The summed E-state index contributed by atoms with van der Waals surface area (Å²) in [6.07, 6.45) is 3.22. The second-order valence-corrected chi connectivity index (χ2v) is 7.16. The molecule has 1 aromatic rings. The van der Waals surface area contributed by atoms with Gasteiger partial charge in [-0.25, -0.2) is 0 Å². The van der Waals surface area contributed by atoms with Crippen molar-refractivity contribution < 1.29 is 0 Å². The minimum absolute atomic E-state index is 0.124. The molecule has 114 valence electrons. The summed E-state index contributed by atoms with van der Waals surface area (Å²) in [5, 5.41) is 3.55. The molecule has 3 heteroatoms. The highest BCUT2D eigenvalue weighted by Gasteiger charge is 2.13. The van der Waals surface area contributed by atoms with Gasteiger partial charge < -0.3 is 10.2 Å². The molecule has 0 saturated carbocycles. The lowest BCUT2D eigenvalue weighted by Crippen LogP contribution is -2.35. The van der Waals surface area contributed by atoms with Crippen molar-refractivity contribution in [1.29, 1.82) is 0 Å². The van der Waals surface area contributed by atoms with Crippen LogP contribution in [0.5, 0.6) is 0 Å². The Morgan fingerprint density at radius 2 is 1.95 bits per heavy atom. The third-order valence-electron chi connectivity index (χ3n) is 3.36. The van der Waals surface area contributed by atoms with Crippen LogP contribution >= 0.6 is 0 Å². The molecule has 1 rings (SSSR count). The highest BCUT2D eigenvalue weighted by Crippen LogP contribution is 2.21. The zero-order valence-electron chi connectivity index (χ0n) is 14.2. The average molecular weight is 277 g/mol. The molecule has 20 heavy (non-hydrogen) atoms. The largest absolute Gasteiger partial charge is 0.374 e. The molecule has 0 unspecified atom stereocenters. The molecular weight excluding hydrogens is 246 g/mol. The number of aromatic nitrogens is 1. The zero-order chi connectivity index (χ0) is 15.3. The van der Waals surface area contributed by atoms with Crippen molar-refractivity contribution in [3.05, 3.63) is 23.5 Å². The van der Waals surface area contributed by atoms with Crippen LogP contribution in [-0.4, -0.2) is 24.1 Å². The molecule has 0 saturated heterocycles. The number of nitrogens with one attached hydrogen (secondary N) is 1. The summed E-state index contributed by atoms with van der Waals surface area (Å²) in [7, 11) is 2.18. The summed E-state index contributed by atoms with van der Waals surface area (Å²) < 4.78 is 0. The van der Waals surface area contributed by atoms with Crippen LogP contribution in [-0.2, 0) is 6.54 Å². The third kappa shape index (κ3) is 5.91. The van der Waals surface area contributed by atoms with Crippen LogP contribution in [0.25, 0.3) is 0 Å². The van der Waals surface area contributed by atoms with Crippen molar-refractivity contribution in [3.8, 4) is 0 Å². The molecule has 0 bridgehead atoms. The molecule has 1 aromatic heterocycles. The maximum absolute atomic E-state index is 4.45. The van der Waals surface area contributed by atoms with Gasteiger partial charge in [-0.2, -0.15) is 0 Å². The number of pyridine rings is 1. The molecule has 1 heterocycles. The fraction of sp³-hybridized carbons (Fsp3) is 0.706. The monoisotopic (exact) mass is 277 g/mol. The van der Waals surface area contributed by atoms with Gasteiger partial charge in [0.05, 0.1) is 0 Å². The van der Waals surface area contributed by atoms with Gasteiger partial charge in [0.15, 0.2) is 0 Å². The van der Waals surface area contributed by atoms with Gasteiger partial charge in [0.2, 0.25) is 0 Å². The molecule has 0 aromatic carbocycles. The van der Waals surface area contributed by atoms with E-state index in [1.54, 1.807) is 0 Å². The number of nitrogens with zero attached hydrogens (tertiary/aromatic N) is 2. The van der Waals surface area contributed by atoms with Gasteiger partial charge in [-0.05, 0) is 46.1 Å². The predicted molar refractivity (Wildman–Crippen MR) is 88.3 cm³/mol. The van der Waals surface area contributed by atoms with Crippen LogP contribution in [0.4, 0.5) is 5.69 Å². The standard InChI is InChI=1S/C17H31N3/c1-13(2)8-9-20(7)16-10-14(3)18-11-15(16)12-19-17(4,5)6/h10-11,13,19H,8-9,12H2,1-7H3. The summed E-state index contributed by atoms with van der Waals surface area (Å²) in [6.45, 7) is 15.1. The molecule has 0 amide bonds. The number of hydrogen-bond acceptors (Lipinski definition) is 3. The molecule has 3 nitrogen and oxygen atoms in total. The first-order chi connectivity index (χ1) is 9.19. The molecule has 0 aliphatic carbocycles. The van der Waals surface area contributed by atoms with E-state index >= 15 is 0 Å². The van der Waals surface area contributed by atoms with Crippen LogP contribution in [0.2, 0.25) is 0 Å². The molecule has 0 aliphatic rings. The third-order valence-corrected chi connectivity index (χ3v) is 3.36. The van der Waals surface area contributed by atoms with Crippen LogP contribution in [0.15, 0.2) is 12.3 Å². The minimum atomic E-state index is 0.124. The fourth-order valence-corrected chi connectivity index (χ4v) is 2.00. The second-order valence-electron chi connectivity index (χ2n) is 7.16. The molecule has 0 aliphatic heterocycles. The Balaban J connectivity index is 2.84. The van der Waals surface area contributed by atoms with E-state index in [1.807, 2.05) is 6.20 Å². The van der Waals surface area contributed by atoms with E-state index in [0.717, 1.165) is 24.7 Å². The molecular formula is C17H31N3. The quantitative estimate of drug-likeness (QED) is 0.858. The van der Waals surface area contributed by atoms with Crippen molar-refractivity contribution in [1.82, 2.24) is 10.3 Å². The Kier molecular flexibility index (Phi) is 6.00. The number of rotatable bonds is 6. The Labute approximate surface area is 124 Å². The van der Waals surface area contributed by atoms with Crippen molar-refractivity contribution in [2.45, 2.75) is 60.0 Å². The van der Waals surface area contributed by atoms with Crippen LogP contribution in [0, 0.1) is 12.8 Å². The molecule has 1 N–H and O–H groups in total. The first kappa shape index (κ1) is 17.0. The Bertz CT molecular complexity index is 419. The number of anilines is 1. The van der Waals surface area contributed by atoms with Crippen molar-refractivity contribution >= 4 is 5.69 Å². The number of hydrogen-bond donors (Lipinski definition) is 1. The highest BCUT2D eigenvalue weighted by molar-refractivity contribution is 5.53. The topological polar surface area (TPSA) is 28.2 Å². The highest BCUT2D eigenvalue weighted by atomic mass is 15.1. The first-order valence-corrected chi connectivity index (χ1v) is 7.60. The Morgan fingerprint density at radius 3 is 2.50 bits per heavy atom. The van der Waals surface area contributed by atoms with Gasteiger partial charge in [-0.15, -0.1) is 0 Å². The lowest BCUT2D eigenvalue weighted by Gasteiger charge is -2.26. The zero-order valence-corrected chi connectivity index (χ0v) is 14.2. The molecule has 0 radical (unpaired) electrons. The van der Waals surface area contributed by atoms with Crippen LogP contribution in [0.3, 0.4) is 0 Å². The van der Waals surface area contributed by atoms with Crippen molar-refractivity contribution in [2.24, 2.45) is 5.92 Å². The fourth-order valence-electron chi connectivity index (χ4n) is 2.00. The lowest BCUT2D eigenvalue weighted by molar-refractivity contribution is 0.424. The van der Waals surface area contributed by atoms with E-state index in [-0.39, 0.29) is 5.54 Å². The second kappa shape index (κ2) is 7.07. The Morgan fingerprint density at radius 1 is 1.30 bits per heavy atom. The predicted octanol–water partition coefficient (Wildman–Crippen LogP) is 3.76. The SMILES string of the molecule is Cc1cc(N(C)CCC(C)C)c(CNC(C)(C)C)cn1. The van der Waals surface area contributed by atoms with E-state index < -0.39 is 0 Å². The summed E-state index contributed by atoms with van der Waals surface area (Å²) in [4.78, 5) is 6.81. The van der Waals surface area contributed by atoms with E-state index in [0.29, 0.717) is 0 Å². The average Bonchev–Trinajstić information content (AvgIpc) is 2.33. The van der Waals surface area contributed by atoms with Gasteiger partial charge in [0, 0.05) is 48.8 Å². The van der Waals surface area contributed by atoms with Gasteiger partial charge in [0.1, 0.15) is 0 Å². The lowest BCUT2D eigenvalue weighted by atomic mass is 10.1. The molecule has 0 atom stereocenters. The van der Waals surface area contributed by atoms with Crippen molar-refractivity contribution in [3.63, 3.8) is 0 Å². The normalized spacial score (nSPS) is 12.0. The maximum Gasteiger partial charge on any atom is 0.0442 e. The smallest absolute Gasteiger partial charge is 0.0442 e. The summed E-state index contributed by atoms with van der Waals surface area (Å²) in [5.74, 6) is 0.733. The molecule has 0 fully saturated rings.